The first-order valence-corrected chi connectivity index (χ1v) is 15.1. The van der Waals surface area contributed by atoms with E-state index in [1.165, 1.54) is 19.2 Å². The summed E-state index contributed by atoms with van der Waals surface area (Å²) in [6.45, 7) is 3.79. The van der Waals surface area contributed by atoms with Gasteiger partial charge in [0, 0.05) is 42.7 Å². The van der Waals surface area contributed by atoms with Gasteiger partial charge in [0.05, 0.1) is 11.3 Å². The second-order valence-corrected chi connectivity index (χ2v) is 12.1. The van der Waals surface area contributed by atoms with Crippen LogP contribution in [0.1, 0.15) is 38.7 Å². The zero-order valence-corrected chi connectivity index (χ0v) is 24.2. The van der Waals surface area contributed by atoms with Gasteiger partial charge in [-0.25, -0.2) is 12.8 Å². The summed E-state index contributed by atoms with van der Waals surface area (Å²) in [5.74, 6) is -0.449. The zero-order valence-electron chi connectivity index (χ0n) is 23.4. The lowest BCUT2D eigenvalue weighted by Crippen LogP contribution is -2.26. The maximum Gasteiger partial charge on any atom is 0.258 e. The van der Waals surface area contributed by atoms with Crippen LogP contribution < -0.4 is 9.04 Å². The number of ether oxygens (including phenoxy) is 1. The minimum absolute atomic E-state index is 0.112. The van der Waals surface area contributed by atoms with Gasteiger partial charge in [0.15, 0.2) is 5.75 Å². The van der Waals surface area contributed by atoms with E-state index >= 15 is 0 Å². The Kier molecular flexibility index (Phi) is 7.41. The van der Waals surface area contributed by atoms with Crippen molar-refractivity contribution >= 4 is 32.5 Å². The Morgan fingerprint density at radius 3 is 2.21 bits per heavy atom. The lowest BCUT2D eigenvalue weighted by atomic mass is 9.99. The van der Waals surface area contributed by atoms with Crippen LogP contribution in [0.5, 0.6) is 5.75 Å². The van der Waals surface area contributed by atoms with E-state index in [0.717, 1.165) is 26.4 Å². The summed E-state index contributed by atoms with van der Waals surface area (Å²) < 4.78 is 47.7. The van der Waals surface area contributed by atoms with Crippen molar-refractivity contribution in [2.45, 2.75) is 19.2 Å². The van der Waals surface area contributed by atoms with E-state index in [1.54, 1.807) is 35.4 Å². The zero-order chi connectivity index (χ0) is 30.1. The molecular weight excluding hydrogens is 565 g/mol. The monoisotopic (exact) mass is 593 g/mol. The molecule has 2 heterocycles. The number of hydrogen-bond acceptors (Lipinski definition) is 5. The average molecular weight is 594 g/mol. The van der Waals surface area contributed by atoms with Crippen molar-refractivity contribution in [2.24, 2.45) is 0 Å². The Bertz CT molecular complexity index is 1890. The highest BCUT2D eigenvalue weighted by Crippen LogP contribution is 2.47. The number of carbonyl (C=O) groups excluding carboxylic acids is 1. The molecule has 0 saturated heterocycles. The van der Waals surface area contributed by atoms with Crippen molar-refractivity contribution in [3.63, 3.8) is 0 Å². The van der Waals surface area contributed by atoms with Crippen LogP contribution in [0, 0.1) is 5.82 Å². The SMILES string of the molecule is C=CS(=O)(=O)N(C)c1c2c(c(OC(c3ccccc3)c3ccccc3)c3ncccc13)C(=O)N(Cc1ccc(F)cc1)C2. The summed E-state index contributed by atoms with van der Waals surface area (Å²) in [7, 11) is -2.49. The molecule has 0 radical (unpaired) electrons. The fraction of sp³-hybridized carbons (Fsp3) is 0.118. The Balaban J connectivity index is 1.58. The Labute approximate surface area is 249 Å². The maximum atomic E-state index is 14.2. The highest BCUT2D eigenvalue weighted by molar-refractivity contribution is 7.95. The molecule has 1 aliphatic heterocycles. The van der Waals surface area contributed by atoms with E-state index in [2.05, 4.69) is 11.6 Å². The third-order valence-electron chi connectivity index (χ3n) is 7.58. The van der Waals surface area contributed by atoms with Crippen molar-refractivity contribution < 1.29 is 22.3 Å². The molecular formula is C34H28FN3O4S. The minimum Gasteiger partial charge on any atom is -0.478 e. The third kappa shape index (κ3) is 5.23. The third-order valence-corrected chi connectivity index (χ3v) is 8.94. The number of fused-ring (bicyclic) bond motifs is 2. The van der Waals surface area contributed by atoms with Crippen molar-refractivity contribution in [3.8, 4) is 5.75 Å². The summed E-state index contributed by atoms with van der Waals surface area (Å²) in [4.78, 5) is 20.5. The Morgan fingerprint density at radius 1 is 0.977 bits per heavy atom. The van der Waals surface area contributed by atoms with E-state index in [9.17, 15) is 17.6 Å². The molecule has 0 fully saturated rings. The van der Waals surface area contributed by atoms with Crippen molar-refractivity contribution in [2.75, 3.05) is 11.4 Å². The molecule has 7 nitrogen and oxygen atoms in total. The number of sulfonamides is 1. The number of carbonyl (C=O) groups is 1. The van der Waals surface area contributed by atoms with E-state index in [0.29, 0.717) is 22.2 Å². The van der Waals surface area contributed by atoms with Gasteiger partial charge >= 0.3 is 0 Å². The van der Waals surface area contributed by atoms with Crippen molar-refractivity contribution in [3.05, 3.63) is 149 Å². The summed E-state index contributed by atoms with van der Waals surface area (Å²) in [5.41, 5.74) is 3.90. The topological polar surface area (TPSA) is 79.8 Å². The lowest BCUT2D eigenvalue weighted by molar-refractivity contribution is 0.0762. The second-order valence-electron chi connectivity index (χ2n) is 10.2. The van der Waals surface area contributed by atoms with E-state index in [1.807, 2.05) is 60.7 Å². The summed E-state index contributed by atoms with van der Waals surface area (Å²) in [6, 6.07) is 28.7. The Morgan fingerprint density at radius 2 is 1.60 bits per heavy atom. The molecule has 0 spiro atoms. The quantitative estimate of drug-likeness (QED) is 0.192. The molecule has 43 heavy (non-hydrogen) atoms. The van der Waals surface area contributed by atoms with Gasteiger partial charge in [-0.15, -0.1) is 0 Å². The normalized spacial score (nSPS) is 12.9. The van der Waals surface area contributed by atoms with Crippen LogP contribution in [0.2, 0.25) is 0 Å². The highest BCUT2D eigenvalue weighted by Gasteiger charge is 2.39. The van der Waals surface area contributed by atoms with Crippen LogP contribution in [-0.4, -0.2) is 31.3 Å². The van der Waals surface area contributed by atoms with Crippen LogP contribution in [-0.2, 0) is 23.1 Å². The number of anilines is 1. The molecule has 9 heteroatoms. The van der Waals surface area contributed by atoms with E-state index in [-0.39, 0.29) is 36.1 Å². The van der Waals surface area contributed by atoms with Crippen LogP contribution >= 0.6 is 0 Å². The molecule has 1 amide bonds. The van der Waals surface area contributed by atoms with Gasteiger partial charge in [-0.3, -0.25) is 14.1 Å². The van der Waals surface area contributed by atoms with Crippen LogP contribution in [0.3, 0.4) is 0 Å². The Hall–Kier alpha value is -5.02. The van der Waals surface area contributed by atoms with Crippen LogP contribution in [0.25, 0.3) is 10.9 Å². The number of aromatic nitrogens is 1. The fourth-order valence-electron chi connectivity index (χ4n) is 5.47. The van der Waals surface area contributed by atoms with Crippen molar-refractivity contribution in [1.82, 2.24) is 9.88 Å². The van der Waals surface area contributed by atoms with E-state index < -0.39 is 16.1 Å². The number of rotatable bonds is 9. The molecule has 0 bridgehead atoms. The number of nitrogens with zero attached hydrogens (tertiary/aromatic N) is 3. The standard InChI is InChI=1S/C34H28FN3O4S/c1-3-43(40,41)37(2)31-27-15-10-20-36-30(27)33(42-32(24-11-6-4-7-12-24)25-13-8-5-9-14-25)29-28(31)22-38(34(29)39)21-23-16-18-26(35)19-17-23/h3-20,32H,1,21-22H2,2H3. The second kappa shape index (κ2) is 11.3. The van der Waals surface area contributed by atoms with Gasteiger partial charge in [-0.1, -0.05) is 79.4 Å². The van der Waals surface area contributed by atoms with Crippen LogP contribution in [0.4, 0.5) is 10.1 Å². The smallest absolute Gasteiger partial charge is 0.258 e. The number of pyridine rings is 1. The molecule has 1 aliphatic rings. The van der Waals surface area contributed by atoms with Gasteiger partial charge < -0.3 is 9.64 Å². The number of benzene rings is 4. The van der Waals surface area contributed by atoms with Crippen LogP contribution in [0.15, 0.2) is 115 Å². The molecule has 0 unspecified atom stereocenters. The highest BCUT2D eigenvalue weighted by atomic mass is 32.2. The van der Waals surface area contributed by atoms with Crippen molar-refractivity contribution in [1.29, 1.82) is 0 Å². The molecule has 5 aromatic rings. The van der Waals surface area contributed by atoms with E-state index in [4.69, 9.17) is 4.74 Å². The lowest BCUT2D eigenvalue weighted by Gasteiger charge is -2.26. The number of halogens is 1. The largest absolute Gasteiger partial charge is 0.478 e. The number of amides is 1. The summed E-state index contributed by atoms with van der Waals surface area (Å²) >= 11 is 0. The van der Waals surface area contributed by atoms with Gasteiger partial charge in [-0.2, -0.15) is 0 Å². The first-order chi connectivity index (χ1) is 20.8. The predicted molar refractivity (Wildman–Crippen MR) is 165 cm³/mol. The molecule has 4 aromatic carbocycles. The van der Waals surface area contributed by atoms with Gasteiger partial charge in [0.1, 0.15) is 17.4 Å². The van der Waals surface area contributed by atoms with Gasteiger partial charge in [0.2, 0.25) is 0 Å². The molecule has 0 aliphatic carbocycles. The average Bonchev–Trinajstić information content (AvgIpc) is 3.35. The summed E-state index contributed by atoms with van der Waals surface area (Å²) in [5, 5.41) is 1.39. The summed E-state index contributed by atoms with van der Waals surface area (Å²) in [6.07, 6.45) is 1.000. The first-order valence-electron chi connectivity index (χ1n) is 13.6. The molecule has 0 atom stereocenters. The predicted octanol–water partition coefficient (Wildman–Crippen LogP) is 6.61. The molecule has 0 N–H and O–H groups in total. The molecule has 1 aromatic heterocycles. The first kappa shape index (κ1) is 28.1. The fourth-order valence-corrected chi connectivity index (χ4v) is 6.15. The molecule has 6 rings (SSSR count). The van der Waals surface area contributed by atoms with Gasteiger partial charge in [0.25, 0.3) is 15.9 Å². The molecule has 216 valence electrons. The number of hydrogen-bond donors (Lipinski definition) is 0. The molecule has 0 saturated carbocycles. The maximum absolute atomic E-state index is 14.2. The van der Waals surface area contributed by atoms with Gasteiger partial charge in [-0.05, 0) is 41.0 Å². The minimum atomic E-state index is -3.93.